The summed E-state index contributed by atoms with van der Waals surface area (Å²) in [5.41, 5.74) is 2.70. The summed E-state index contributed by atoms with van der Waals surface area (Å²) in [5, 5.41) is 7.32. The summed E-state index contributed by atoms with van der Waals surface area (Å²) >= 11 is 0. The molecule has 1 aliphatic heterocycles. The Kier molecular flexibility index (Phi) is 4.02. The molecule has 0 spiro atoms. The second-order valence-corrected chi connectivity index (χ2v) is 6.56. The van der Waals surface area contributed by atoms with Crippen LogP contribution in [0.1, 0.15) is 28.2 Å². The van der Waals surface area contributed by atoms with Crippen LogP contribution in [0.5, 0.6) is 0 Å². The summed E-state index contributed by atoms with van der Waals surface area (Å²) < 4.78 is 15.0. The predicted octanol–water partition coefficient (Wildman–Crippen LogP) is 2.54. The van der Waals surface area contributed by atoms with Gasteiger partial charge in [-0.3, -0.25) is 4.79 Å². The first-order valence-corrected chi connectivity index (χ1v) is 8.50. The zero-order chi connectivity index (χ0) is 18.3. The zero-order valence-corrected chi connectivity index (χ0v) is 14.6. The normalized spacial score (nSPS) is 17.0. The first-order valence-electron chi connectivity index (χ1n) is 8.50. The van der Waals surface area contributed by atoms with E-state index in [2.05, 4.69) is 20.4 Å². The number of hydrogen-bond acceptors (Lipinski definition) is 5. The van der Waals surface area contributed by atoms with Gasteiger partial charge in [-0.2, -0.15) is 4.52 Å². The van der Waals surface area contributed by atoms with E-state index in [1.165, 1.54) is 0 Å². The Balaban J connectivity index is 1.63. The molecule has 0 aliphatic carbocycles. The van der Waals surface area contributed by atoms with E-state index in [-0.39, 0.29) is 5.91 Å². The second-order valence-electron chi connectivity index (χ2n) is 6.56. The van der Waals surface area contributed by atoms with Crippen molar-refractivity contribution in [3.05, 3.63) is 47.4 Å². The van der Waals surface area contributed by atoms with Crippen LogP contribution >= 0.6 is 0 Å². The van der Waals surface area contributed by atoms with E-state index in [4.69, 9.17) is 0 Å². The van der Waals surface area contributed by atoms with Crippen LogP contribution in [0.3, 0.4) is 0 Å². The summed E-state index contributed by atoms with van der Waals surface area (Å²) in [4.78, 5) is 23.0. The van der Waals surface area contributed by atoms with E-state index in [9.17, 15) is 9.18 Å². The molecule has 1 saturated heterocycles. The number of aryl methyl sites for hydroxylation is 2. The molecule has 7 nitrogen and oxygen atoms in total. The molecule has 3 aromatic heterocycles. The van der Waals surface area contributed by atoms with Crippen molar-refractivity contribution in [3.63, 3.8) is 0 Å². The third kappa shape index (κ3) is 3.10. The van der Waals surface area contributed by atoms with Crippen LogP contribution in [-0.2, 0) is 0 Å². The number of amides is 1. The van der Waals surface area contributed by atoms with Gasteiger partial charge in [0.25, 0.3) is 5.91 Å². The molecule has 3 aromatic rings. The van der Waals surface area contributed by atoms with E-state index >= 15 is 0 Å². The number of rotatable bonds is 3. The SMILES string of the molecule is Cc1cc(C)nc(C(=O)Nc2cnc3ccc(N4CC[C@H](F)C4)nn23)c1. The summed E-state index contributed by atoms with van der Waals surface area (Å²) in [6, 6.07) is 7.26. The van der Waals surface area contributed by atoms with Crippen molar-refractivity contribution in [1.29, 1.82) is 0 Å². The number of carbonyl (C=O) groups excluding carboxylic acids is 1. The van der Waals surface area contributed by atoms with Gasteiger partial charge in [0.1, 0.15) is 17.7 Å². The van der Waals surface area contributed by atoms with Crippen molar-refractivity contribution >= 4 is 23.2 Å². The van der Waals surface area contributed by atoms with Crippen LogP contribution in [0.4, 0.5) is 16.0 Å². The Morgan fingerprint density at radius 1 is 1.31 bits per heavy atom. The number of nitrogens with zero attached hydrogens (tertiary/aromatic N) is 5. The molecule has 1 aliphatic rings. The van der Waals surface area contributed by atoms with Crippen molar-refractivity contribution in [2.45, 2.75) is 26.4 Å². The lowest BCUT2D eigenvalue weighted by Crippen LogP contribution is -2.22. The third-order valence-corrected chi connectivity index (χ3v) is 4.37. The smallest absolute Gasteiger partial charge is 0.275 e. The molecule has 1 atom stereocenters. The number of hydrogen-bond donors (Lipinski definition) is 1. The number of alkyl halides is 1. The molecule has 0 aromatic carbocycles. The molecule has 4 heterocycles. The zero-order valence-electron chi connectivity index (χ0n) is 14.6. The van der Waals surface area contributed by atoms with E-state index in [0.29, 0.717) is 42.5 Å². The van der Waals surface area contributed by atoms with Crippen molar-refractivity contribution in [2.24, 2.45) is 0 Å². The molecule has 1 amide bonds. The van der Waals surface area contributed by atoms with Crippen LogP contribution in [0, 0.1) is 13.8 Å². The molecular weight excluding hydrogens is 335 g/mol. The van der Waals surface area contributed by atoms with Crippen molar-refractivity contribution < 1.29 is 9.18 Å². The number of imidazole rings is 1. The number of fused-ring (bicyclic) bond motifs is 1. The topological polar surface area (TPSA) is 75.4 Å². The maximum absolute atomic E-state index is 13.5. The average molecular weight is 354 g/mol. The van der Waals surface area contributed by atoms with Crippen molar-refractivity contribution in [2.75, 3.05) is 23.3 Å². The van der Waals surface area contributed by atoms with Gasteiger partial charge in [-0.1, -0.05) is 0 Å². The van der Waals surface area contributed by atoms with Gasteiger partial charge in [-0.05, 0) is 50.1 Å². The Morgan fingerprint density at radius 3 is 2.88 bits per heavy atom. The van der Waals surface area contributed by atoms with Crippen LogP contribution in [0.25, 0.3) is 5.65 Å². The highest BCUT2D eigenvalue weighted by Gasteiger charge is 2.23. The van der Waals surface area contributed by atoms with Gasteiger partial charge < -0.3 is 10.2 Å². The Hall–Kier alpha value is -3.03. The highest BCUT2D eigenvalue weighted by Crippen LogP contribution is 2.21. The Morgan fingerprint density at radius 2 is 2.15 bits per heavy atom. The van der Waals surface area contributed by atoms with Crippen molar-refractivity contribution in [3.8, 4) is 0 Å². The lowest BCUT2D eigenvalue weighted by atomic mass is 10.2. The lowest BCUT2D eigenvalue weighted by molar-refractivity contribution is 0.102. The molecule has 0 radical (unpaired) electrons. The molecule has 0 unspecified atom stereocenters. The first-order chi connectivity index (χ1) is 12.5. The number of pyridine rings is 1. The van der Waals surface area contributed by atoms with Gasteiger partial charge in [-0.25, -0.2) is 14.4 Å². The molecule has 0 saturated carbocycles. The quantitative estimate of drug-likeness (QED) is 0.782. The number of anilines is 2. The lowest BCUT2D eigenvalue weighted by Gasteiger charge is -2.16. The number of aromatic nitrogens is 4. The fourth-order valence-corrected chi connectivity index (χ4v) is 3.18. The van der Waals surface area contributed by atoms with Crippen LogP contribution < -0.4 is 10.2 Å². The summed E-state index contributed by atoms with van der Waals surface area (Å²) in [6.45, 7) is 4.73. The summed E-state index contributed by atoms with van der Waals surface area (Å²) in [5.74, 6) is 0.787. The van der Waals surface area contributed by atoms with Gasteiger partial charge in [0.2, 0.25) is 0 Å². The highest BCUT2D eigenvalue weighted by molar-refractivity contribution is 6.02. The van der Waals surface area contributed by atoms with Gasteiger partial charge in [0.15, 0.2) is 11.5 Å². The molecule has 4 rings (SSSR count). The molecule has 1 N–H and O–H groups in total. The monoisotopic (exact) mass is 354 g/mol. The maximum atomic E-state index is 13.5. The second kappa shape index (κ2) is 6.36. The number of nitrogens with one attached hydrogen (secondary N) is 1. The standard InChI is InChI=1S/C18H19FN6O/c1-11-7-12(2)21-14(8-11)18(26)22-17-9-20-15-3-4-16(23-25(15)17)24-6-5-13(19)10-24/h3-4,7-9,13H,5-6,10H2,1-2H3,(H,22,26)/t13-/m0/s1. The molecule has 1 fully saturated rings. The van der Waals surface area contributed by atoms with E-state index in [1.54, 1.807) is 22.8 Å². The number of halogens is 1. The fourth-order valence-electron chi connectivity index (χ4n) is 3.18. The molecule has 134 valence electrons. The van der Waals surface area contributed by atoms with E-state index in [1.807, 2.05) is 30.9 Å². The highest BCUT2D eigenvalue weighted by atomic mass is 19.1. The predicted molar refractivity (Wildman–Crippen MR) is 96.4 cm³/mol. The summed E-state index contributed by atoms with van der Waals surface area (Å²) in [6.07, 6.45) is 1.23. The van der Waals surface area contributed by atoms with Crippen molar-refractivity contribution in [1.82, 2.24) is 19.6 Å². The minimum Gasteiger partial charge on any atom is -0.352 e. The molecule has 0 bridgehead atoms. The maximum Gasteiger partial charge on any atom is 0.275 e. The van der Waals surface area contributed by atoms with E-state index in [0.717, 1.165) is 11.3 Å². The largest absolute Gasteiger partial charge is 0.352 e. The van der Waals surface area contributed by atoms with Crippen LogP contribution in [-0.4, -0.2) is 44.8 Å². The van der Waals surface area contributed by atoms with Crippen LogP contribution in [0.15, 0.2) is 30.5 Å². The van der Waals surface area contributed by atoms with E-state index < -0.39 is 6.17 Å². The molecule has 26 heavy (non-hydrogen) atoms. The average Bonchev–Trinajstić information content (AvgIpc) is 3.20. The van der Waals surface area contributed by atoms with Gasteiger partial charge in [0.05, 0.1) is 12.7 Å². The van der Waals surface area contributed by atoms with Gasteiger partial charge >= 0.3 is 0 Å². The van der Waals surface area contributed by atoms with Gasteiger partial charge in [-0.15, -0.1) is 5.10 Å². The molecular formula is C18H19FN6O. The summed E-state index contributed by atoms with van der Waals surface area (Å²) in [7, 11) is 0. The van der Waals surface area contributed by atoms with Crippen LogP contribution in [0.2, 0.25) is 0 Å². The van der Waals surface area contributed by atoms with Gasteiger partial charge in [0, 0.05) is 12.2 Å². The fraction of sp³-hybridized carbons (Fsp3) is 0.333. The Labute approximate surface area is 149 Å². The minimum absolute atomic E-state index is 0.323. The minimum atomic E-state index is -0.829. The third-order valence-electron chi connectivity index (χ3n) is 4.37. The molecule has 8 heteroatoms. The number of carbonyl (C=O) groups is 1. The first kappa shape index (κ1) is 16.4. The Bertz CT molecular complexity index is 965.